The summed E-state index contributed by atoms with van der Waals surface area (Å²) in [7, 11) is 0. The second kappa shape index (κ2) is 7.44. The molecule has 4 heteroatoms. The highest BCUT2D eigenvalue weighted by atomic mass is 32.2. The molecular formula is C11H22N2S2. The topological polar surface area (TPSA) is 24.4 Å². The van der Waals surface area contributed by atoms with E-state index in [2.05, 4.69) is 30.4 Å². The first-order valence-electron chi connectivity index (χ1n) is 5.72. The highest BCUT2D eigenvalue weighted by molar-refractivity contribution is 8.14. The molecule has 0 saturated heterocycles. The first-order valence-corrected chi connectivity index (χ1v) is 8.00. The molecule has 0 aromatic heterocycles. The summed E-state index contributed by atoms with van der Waals surface area (Å²) in [4.78, 5) is 4.55. The zero-order valence-electron chi connectivity index (χ0n) is 9.95. The lowest BCUT2D eigenvalue weighted by molar-refractivity contribution is 0.651. The van der Waals surface area contributed by atoms with Crippen LogP contribution in [-0.4, -0.2) is 35.0 Å². The van der Waals surface area contributed by atoms with Crippen molar-refractivity contribution < 1.29 is 0 Å². The number of hydrogen-bond donors (Lipinski definition) is 1. The van der Waals surface area contributed by atoms with Crippen molar-refractivity contribution in [2.45, 2.75) is 44.4 Å². The van der Waals surface area contributed by atoms with Crippen molar-refractivity contribution in [3.63, 3.8) is 0 Å². The van der Waals surface area contributed by atoms with E-state index in [1.54, 1.807) is 0 Å². The van der Waals surface area contributed by atoms with E-state index in [1.807, 2.05) is 23.5 Å². The highest BCUT2D eigenvalue weighted by Crippen LogP contribution is 2.23. The Hall–Kier alpha value is 0.170. The summed E-state index contributed by atoms with van der Waals surface area (Å²) >= 11 is 3.84. The van der Waals surface area contributed by atoms with Gasteiger partial charge in [0.1, 0.15) is 0 Å². The average Bonchev–Trinajstić information content (AvgIpc) is 2.63. The van der Waals surface area contributed by atoms with Gasteiger partial charge in [0.15, 0.2) is 5.17 Å². The standard InChI is InChI=1S/C11H22N2S2/c1-4-5-10-8-12-11(15-10)13-9(2)6-7-14-3/h9-10H,4-8H2,1-3H3,(H,12,13). The molecule has 0 fully saturated rings. The van der Waals surface area contributed by atoms with Gasteiger partial charge in [-0.15, -0.1) is 0 Å². The van der Waals surface area contributed by atoms with E-state index in [9.17, 15) is 0 Å². The van der Waals surface area contributed by atoms with Gasteiger partial charge in [-0.05, 0) is 31.8 Å². The largest absolute Gasteiger partial charge is 0.362 e. The number of aliphatic imine (C=N–C) groups is 1. The Labute approximate surface area is 102 Å². The minimum absolute atomic E-state index is 0.559. The van der Waals surface area contributed by atoms with Gasteiger partial charge < -0.3 is 5.32 Å². The van der Waals surface area contributed by atoms with E-state index < -0.39 is 0 Å². The van der Waals surface area contributed by atoms with Crippen LogP contribution in [0.5, 0.6) is 0 Å². The van der Waals surface area contributed by atoms with E-state index in [4.69, 9.17) is 0 Å². The van der Waals surface area contributed by atoms with Gasteiger partial charge >= 0.3 is 0 Å². The maximum atomic E-state index is 4.55. The number of nitrogens with zero attached hydrogens (tertiary/aromatic N) is 1. The SMILES string of the molecule is CCCC1CN=C(NC(C)CCSC)S1. The number of rotatable bonds is 6. The minimum Gasteiger partial charge on any atom is -0.362 e. The molecular weight excluding hydrogens is 224 g/mol. The van der Waals surface area contributed by atoms with Gasteiger partial charge in [-0.1, -0.05) is 25.1 Å². The van der Waals surface area contributed by atoms with Gasteiger partial charge in [0.2, 0.25) is 0 Å². The van der Waals surface area contributed by atoms with Crippen LogP contribution in [0.3, 0.4) is 0 Å². The first kappa shape index (κ1) is 13.2. The van der Waals surface area contributed by atoms with Crippen LogP contribution in [0.15, 0.2) is 4.99 Å². The van der Waals surface area contributed by atoms with E-state index in [0.29, 0.717) is 6.04 Å². The second-order valence-corrected chi connectivity index (χ2v) is 6.28. The van der Waals surface area contributed by atoms with Gasteiger partial charge in [-0.25, -0.2) is 0 Å². The van der Waals surface area contributed by atoms with E-state index >= 15 is 0 Å². The van der Waals surface area contributed by atoms with E-state index in [0.717, 1.165) is 11.8 Å². The van der Waals surface area contributed by atoms with Crippen LogP contribution in [-0.2, 0) is 0 Å². The Bertz CT molecular complexity index is 207. The molecule has 2 nitrogen and oxygen atoms in total. The third kappa shape index (κ3) is 5.16. The molecule has 1 rings (SSSR count). The van der Waals surface area contributed by atoms with Crippen LogP contribution in [0.25, 0.3) is 0 Å². The van der Waals surface area contributed by atoms with Crippen molar-refractivity contribution in [3.05, 3.63) is 0 Å². The van der Waals surface area contributed by atoms with Crippen LogP contribution < -0.4 is 5.32 Å². The fraction of sp³-hybridized carbons (Fsp3) is 0.909. The Morgan fingerprint density at radius 1 is 1.67 bits per heavy atom. The molecule has 2 atom stereocenters. The van der Waals surface area contributed by atoms with Crippen LogP contribution in [0.4, 0.5) is 0 Å². The molecule has 0 spiro atoms. The summed E-state index contributed by atoms with van der Waals surface area (Å²) < 4.78 is 0. The predicted octanol–water partition coefficient (Wildman–Crippen LogP) is 2.99. The maximum absolute atomic E-state index is 4.55. The van der Waals surface area contributed by atoms with Crippen molar-refractivity contribution in [1.29, 1.82) is 0 Å². The number of thioether (sulfide) groups is 2. The van der Waals surface area contributed by atoms with Gasteiger partial charge in [-0.2, -0.15) is 11.8 Å². The molecule has 0 saturated carbocycles. The highest BCUT2D eigenvalue weighted by Gasteiger charge is 2.19. The van der Waals surface area contributed by atoms with Crippen molar-refractivity contribution in [2.24, 2.45) is 4.99 Å². The maximum Gasteiger partial charge on any atom is 0.157 e. The normalized spacial score (nSPS) is 22.6. The molecule has 0 radical (unpaired) electrons. The van der Waals surface area contributed by atoms with Crippen molar-refractivity contribution in [3.8, 4) is 0 Å². The third-order valence-electron chi connectivity index (χ3n) is 2.45. The van der Waals surface area contributed by atoms with Crippen molar-refractivity contribution in [2.75, 3.05) is 18.6 Å². The van der Waals surface area contributed by atoms with Gasteiger partial charge in [0, 0.05) is 11.3 Å². The first-order chi connectivity index (χ1) is 7.26. The van der Waals surface area contributed by atoms with Crippen LogP contribution in [0.1, 0.15) is 33.1 Å². The minimum atomic E-state index is 0.559. The smallest absolute Gasteiger partial charge is 0.157 e. The molecule has 0 aromatic carbocycles. The Morgan fingerprint density at radius 3 is 3.13 bits per heavy atom. The molecule has 1 N–H and O–H groups in total. The van der Waals surface area contributed by atoms with Crippen LogP contribution in [0.2, 0.25) is 0 Å². The predicted molar refractivity (Wildman–Crippen MR) is 74.2 cm³/mol. The number of amidine groups is 1. The lowest BCUT2D eigenvalue weighted by Gasteiger charge is -2.14. The quantitative estimate of drug-likeness (QED) is 0.780. The van der Waals surface area contributed by atoms with Crippen molar-refractivity contribution >= 4 is 28.7 Å². The lowest BCUT2D eigenvalue weighted by Crippen LogP contribution is -2.30. The fourth-order valence-corrected chi connectivity index (χ4v) is 3.37. The van der Waals surface area contributed by atoms with Crippen LogP contribution in [0, 0.1) is 0 Å². The van der Waals surface area contributed by atoms with Crippen molar-refractivity contribution in [1.82, 2.24) is 5.32 Å². The Balaban J connectivity index is 2.17. The lowest BCUT2D eigenvalue weighted by atomic mass is 10.2. The Kier molecular flexibility index (Phi) is 6.57. The van der Waals surface area contributed by atoms with E-state index in [1.165, 1.54) is 30.2 Å². The monoisotopic (exact) mass is 246 g/mol. The summed E-state index contributed by atoms with van der Waals surface area (Å²) in [6.07, 6.45) is 5.94. The molecule has 15 heavy (non-hydrogen) atoms. The zero-order valence-corrected chi connectivity index (χ0v) is 11.6. The Morgan fingerprint density at radius 2 is 2.47 bits per heavy atom. The molecule has 0 aromatic rings. The zero-order chi connectivity index (χ0) is 11.1. The molecule has 1 aliphatic heterocycles. The molecule has 1 heterocycles. The molecule has 88 valence electrons. The van der Waals surface area contributed by atoms with Gasteiger partial charge in [0.25, 0.3) is 0 Å². The van der Waals surface area contributed by atoms with Crippen LogP contribution >= 0.6 is 23.5 Å². The number of hydrogen-bond acceptors (Lipinski definition) is 4. The van der Waals surface area contributed by atoms with E-state index in [-0.39, 0.29) is 0 Å². The number of nitrogens with one attached hydrogen (secondary N) is 1. The molecule has 2 unspecified atom stereocenters. The summed E-state index contributed by atoms with van der Waals surface area (Å²) in [6, 6.07) is 0.559. The van der Waals surface area contributed by atoms with Gasteiger partial charge in [0.05, 0.1) is 6.54 Å². The van der Waals surface area contributed by atoms with Gasteiger partial charge in [-0.3, -0.25) is 4.99 Å². The summed E-state index contributed by atoms with van der Waals surface area (Å²) in [6.45, 7) is 5.50. The fourth-order valence-electron chi connectivity index (χ4n) is 1.55. The summed E-state index contributed by atoms with van der Waals surface area (Å²) in [5.41, 5.74) is 0. The summed E-state index contributed by atoms with van der Waals surface area (Å²) in [5.74, 6) is 1.23. The molecule has 1 aliphatic rings. The molecule has 0 bridgehead atoms. The molecule has 0 amide bonds. The average molecular weight is 246 g/mol. The summed E-state index contributed by atoms with van der Waals surface area (Å²) in [5, 5.41) is 5.40. The third-order valence-corrected chi connectivity index (χ3v) is 4.28. The molecule has 0 aliphatic carbocycles. The second-order valence-electron chi connectivity index (χ2n) is 4.00.